The number of nitrogens with one attached hydrogen (secondary N) is 1. The molecule has 1 aromatic carbocycles. The minimum Gasteiger partial charge on any atom is -0.488 e. The Morgan fingerprint density at radius 3 is 2.91 bits per heavy atom. The number of hydrogen-bond acceptors (Lipinski definition) is 2. The minimum atomic E-state index is -0.254. The fourth-order valence-electron chi connectivity index (χ4n) is 2.41. The maximum atomic E-state index is 13.2. The van der Waals surface area contributed by atoms with Gasteiger partial charge in [-0.2, -0.15) is 0 Å². The molecule has 0 unspecified atom stereocenters. The predicted molar refractivity (Wildman–Crippen MR) is 83.8 cm³/mol. The third kappa shape index (κ3) is 2.88. The van der Waals surface area contributed by atoms with E-state index in [2.05, 4.69) is 4.98 Å². The fraction of sp³-hybridized carbons (Fsp3) is 0.235. The maximum absolute atomic E-state index is 13.2. The largest absolute Gasteiger partial charge is 0.488 e. The Kier molecular flexibility index (Phi) is 3.96. The molecule has 1 N–H and O–H groups in total. The van der Waals surface area contributed by atoms with Crippen LogP contribution >= 0.6 is 0 Å². The highest BCUT2D eigenvalue weighted by atomic mass is 19.1. The summed E-state index contributed by atoms with van der Waals surface area (Å²) in [6.45, 7) is 3.03. The molecule has 5 heteroatoms. The monoisotopic (exact) mass is 300 g/mol. The molecule has 4 nitrogen and oxygen atoms in total. The fourth-order valence-corrected chi connectivity index (χ4v) is 2.41. The molecular formula is C17H17FN2O2. The summed E-state index contributed by atoms with van der Waals surface area (Å²) in [6, 6.07) is 8.07. The molecule has 0 amide bonds. The van der Waals surface area contributed by atoms with E-state index in [0.29, 0.717) is 18.9 Å². The Balaban J connectivity index is 1.86. The quantitative estimate of drug-likeness (QED) is 0.786. The second-order valence-corrected chi connectivity index (χ2v) is 5.18. The van der Waals surface area contributed by atoms with Crippen molar-refractivity contribution in [3.63, 3.8) is 0 Å². The van der Waals surface area contributed by atoms with E-state index in [9.17, 15) is 9.18 Å². The van der Waals surface area contributed by atoms with Crippen LogP contribution in [0.2, 0.25) is 0 Å². The van der Waals surface area contributed by atoms with Crippen molar-refractivity contribution in [2.75, 3.05) is 6.61 Å². The van der Waals surface area contributed by atoms with Crippen LogP contribution in [0.5, 0.6) is 5.75 Å². The van der Waals surface area contributed by atoms with Crippen LogP contribution in [0.4, 0.5) is 4.39 Å². The topological polar surface area (TPSA) is 47.0 Å². The van der Waals surface area contributed by atoms with Crippen molar-refractivity contribution in [3.05, 3.63) is 64.5 Å². The van der Waals surface area contributed by atoms with E-state index in [1.165, 1.54) is 12.1 Å². The summed E-state index contributed by atoms with van der Waals surface area (Å²) in [4.78, 5) is 15.1. The van der Waals surface area contributed by atoms with Gasteiger partial charge in [-0.3, -0.25) is 4.79 Å². The Hall–Kier alpha value is -2.56. The number of pyridine rings is 1. The Morgan fingerprint density at radius 1 is 1.27 bits per heavy atom. The van der Waals surface area contributed by atoms with Gasteiger partial charge >= 0.3 is 0 Å². The third-order valence-corrected chi connectivity index (χ3v) is 3.47. The predicted octanol–water partition coefficient (Wildman–Crippen LogP) is 3.31. The van der Waals surface area contributed by atoms with Gasteiger partial charge in [-0.1, -0.05) is 6.92 Å². The first-order valence-electron chi connectivity index (χ1n) is 7.26. The molecule has 3 aromatic rings. The second-order valence-electron chi connectivity index (χ2n) is 5.18. The Labute approximate surface area is 127 Å². The molecule has 0 aliphatic carbocycles. The van der Waals surface area contributed by atoms with E-state index in [-0.39, 0.29) is 11.2 Å². The van der Waals surface area contributed by atoms with Crippen LogP contribution in [0.25, 0.3) is 10.9 Å². The first-order chi connectivity index (χ1) is 10.7. The smallest absolute Gasteiger partial charge is 0.223 e. The molecule has 2 heterocycles. The van der Waals surface area contributed by atoms with Crippen LogP contribution < -0.4 is 10.2 Å². The Bertz CT molecular complexity index is 851. The van der Waals surface area contributed by atoms with Gasteiger partial charge in [-0.25, -0.2) is 4.39 Å². The van der Waals surface area contributed by atoms with Gasteiger partial charge in [-0.15, -0.1) is 0 Å². The van der Waals surface area contributed by atoms with E-state index in [1.807, 2.05) is 23.8 Å². The highest BCUT2D eigenvalue weighted by molar-refractivity contribution is 5.80. The molecule has 0 fully saturated rings. The number of fused-ring (bicyclic) bond motifs is 1. The number of rotatable bonds is 5. The summed E-state index contributed by atoms with van der Waals surface area (Å²) in [7, 11) is 0. The normalized spacial score (nSPS) is 11.0. The van der Waals surface area contributed by atoms with E-state index < -0.39 is 0 Å². The van der Waals surface area contributed by atoms with Crippen LogP contribution in [0.3, 0.4) is 0 Å². The molecule has 0 spiro atoms. The van der Waals surface area contributed by atoms with E-state index >= 15 is 0 Å². The highest BCUT2D eigenvalue weighted by Gasteiger charge is 2.06. The van der Waals surface area contributed by atoms with E-state index in [4.69, 9.17) is 4.74 Å². The number of aromatic amines is 1. The van der Waals surface area contributed by atoms with Gasteiger partial charge < -0.3 is 14.3 Å². The zero-order valence-electron chi connectivity index (χ0n) is 12.3. The molecule has 2 aromatic heterocycles. The summed E-state index contributed by atoms with van der Waals surface area (Å²) in [5.74, 6) is 0.0844. The van der Waals surface area contributed by atoms with Gasteiger partial charge in [-0.05, 0) is 30.7 Å². The molecule has 114 valence electrons. The first-order valence-corrected chi connectivity index (χ1v) is 7.26. The minimum absolute atomic E-state index is 0.135. The van der Waals surface area contributed by atoms with E-state index in [1.54, 1.807) is 18.3 Å². The standard InChI is InChI=1S/C17H17FN2O2/c1-2-7-22-17-10-19-14(9-16(17)21)11-20-6-5-12-8-13(18)3-4-15(12)20/h3-6,8-10H,2,7,11H2,1H3,(H,19,21). The van der Waals surface area contributed by atoms with Crippen LogP contribution in [-0.2, 0) is 6.54 Å². The van der Waals surface area contributed by atoms with Crippen molar-refractivity contribution in [1.29, 1.82) is 0 Å². The lowest BCUT2D eigenvalue weighted by molar-refractivity contribution is 0.313. The van der Waals surface area contributed by atoms with Crippen LogP contribution in [0.15, 0.2) is 47.5 Å². The molecule has 0 radical (unpaired) electrons. The van der Waals surface area contributed by atoms with Crippen molar-refractivity contribution < 1.29 is 9.13 Å². The Morgan fingerprint density at radius 2 is 2.14 bits per heavy atom. The average molecular weight is 300 g/mol. The zero-order chi connectivity index (χ0) is 15.5. The number of aromatic nitrogens is 2. The third-order valence-electron chi connectivity index (χ3n) is 3.47. The highest BCUT2D eigenvalue weighted by Crippen LogP contribution is 2.18. The second kappa shape index (κ2) is 6.05. The van der Waals surface area contributed by atoms with Gasteiger partial charge in [0, 0.05) is 35.1 Å². The van der Waals surface area contributed by atoms with Gasteiger partial charge in [0.2, 0.25) is 5.43 Å². The van der Waals surface area contributed by atoms with Crippen LogP contribution in [0.1, 0.15) is 19.0 Å². The van der Waals surface area contributed by atoms with Crippen molar-refractivity contribution in [2.24, 2.45) is 0 Å². The summed E-state index contributed by atoms with van der Waals surface area (Å²) in [5, 5.41) is 0.838. The van der Waals surface area contributed by atoms with Crippen molar-refractivity contribution in [3.8, 4) is 5.75 Å². The summed E-state index contributed by atoms with van der Waals surface area (Å²) in [6.07, 6.45) is 4.33. The molecule has 22 heavy (non-hydrogen) atoms. The van der Waals surface area contributed by atoms with Crippen LogP contribution in [-0.4, -0.2) is 16.2 Å². The van der Waals surface area contributed by atoms with Gasteiger partial charge in [0.25, 0.3) is 0 Å². The SMILES string of the molecule is CCCOc1c[nH]c(Cn2ccc3cc(F)ccc32)cc1=O. The van der Waals surface area contributed by atoms with Crippen molar-refractivity contribution in [1.82, 2.24) is 9.55 Å². The maximum Gasteiger partial charge on any atom is 0.223 e. The molecule has 0 aliphatic heterocycles. The number of halogens is 1. The number of H-pyrrole nitrogens is 1. The molecule has 3 rings (SSSR count). The molecule has 0 saturated carbocycles. The molecule has 0 saturated heterocycles. The van der Waals surface area contributed by atoms with Gasteiger partial charge in [0.05, 0.1) is 13.2 Å². The van der Waals surface area contributed by atoms with Crippen LogP contribution in [0, 0.1) is 5.82 Å². The number of hydrogen-bond donors (Lipinski definition) is 1. The molecule has 0 aliphatic rings. The van der Waals surface area contributed by atoms with Gasteiger partial charge in [0.1, 0.15) is 5.82 Å². The van der Waals surface area contributed by atoms with E-state index in [0.717, 1.165) is 23.0 Å². The number of nitrogens with zero attached hydrogens (tertiary/aromatic N) is 1. The first kappa shape index (κ1) is 14.4. The lowest BCUT2D eigenvalue weighted by Crippen LogP contribution is -2.11. The zero-order valence-corrected chi connectivity index (χ0v) is 12.3. The van der Waals surface area contributed by atoms with Crippen molar-refractivity contribution >= 4 is 10.9 Å². The lowest BCUT2D eigenvalue weighted by atomic mass is 10.2. The van der Waals surface area contributed by atoms with Crippen molar-refractivity contribution in [2.45, 2.75) is 19.9 Å². The van der Waals surface area contributed by atoms with Gasteiger partial charge in [0.15, 0.2) is 5.75 Å². The number of ether oxygens (including phenoxy) is 1. The lowest BCUT2D eigenvalue weighted by Gasteiger charge is -2.08. The molecule has 0 bridgehead atoms. The summed E-state index contributed by atoms with van der Waals surface area (Å²) in [5.41, 5.74) is 1.56. The molecule has 0 atom stereocenters. The summed E-state index contributed by atoms with van der Waals surface area (Å²) < 4.78 is 20.5. The number of benzene rings is 1. The average Bonchev–Trinajstić information content (AvgIpc) is 2.88. The summed E-state index contributed by atoms with van der Waals surface area (Å²) >= 11 is 0. The molecular weight excluding hydrogens is 283 g/mol.